The van der Waals surface area contributed by atoms with Gasteiger partial charge in [0.05, 0.1) is 11.3 Å². The number of amides is 1. The Bertz CT molecular complexity index is 1040. The number of fused-ring (bicyclic) bond motifs is 3. The van der Waals surface area contributed by atoms with Gasteiger partial charge in [-0.3, -0.25) is 4.79 Å². The van der Waals surface area contributed by atoms with Gasteiger partial charge in [0.2, 0.25) is 5.91 Å². The Hall–Kier alpha value is -2.80. The number of hydrogen-bond donors (Lipinski definition) is 0. The number of para-hydroxylation sites is 2. The smallest absolute Gasteiger partial charge is 0.339 e. The molecule has 142 valence electrons. The lowest BCUT2D eigenvalue weighted by atomic mass is 9.84. The largest absolute Gasteiger partial charge is 0.450 e. The van der Waals surface area contributed by atoms with E-state index >= 15 is 0 Å². The number of hydrogen-bond acceptors (Lipinski definition) is 6. The molecule has 0 bridgehead atoms. The van der Waals surface area contributed by atoms with Crippen molar-refractivity contribution in [2.75, 3.05) is 18.8 Å². The van der Waals surface area contributed by atoms with Crippen LogP contribution in [0.2, 0.25) is 0 Å². The Kier molecular flexibility index (Phi) is 4.12. The van der Waals surface area contributed by atoms with Gasteiger partial charge in [0.25, 0.3) is 5.22 Å². The van der Waals surface area contributed by atoms with E-state index in [9.17, 15) is 9.59 Å². The molecule has 5 rings (SSSR count). The zero-order valence-electron chi connectivity index (χ0n) is 15.1. The molecule has 0 radical (unpaired) electrons. The molecule has 0 saturated carbocycles. The highest BCUT2D eigenvalue weighted by Crippen LogP contribution is 2.44. The number of thioether (sulfide) groups is 1. The van der Waals surface area contributed by atoms with Crippen molar-refractivity contribution < 1.29 is 18.7 Å². The Morgan fingerprint density at radius 2 is 1.86 bits per heavy atom. The van der Waals surface area contributed by atoms with Crippen LogP contribution in [0.1, 0.15) is 28.8 Å². The zero-order chi connectivity index (χ0) is 19.1. The van der Waals surface area contributed by atoms with E-state index in [1.54, 1.807) is 6.07 Å². The van der Waals surface area contributed by atoms with Gasteiger partial charge in [-0.25, -0.2) is 9.78 Å². The molecule has 0 aliphatic carbocycles. The molecule has 1 amide bonds. The maximum absolute atomic E-state index is 12.6. The molecule has 3 aromatic rings. The molecule has 1 spiro atoms. The summed E-state index contributed by atoms with van der Waals surface area (Å²) in [4.78, 5) is 31.0. The lowest BCUT2D eigenvalue weighted by molar-refractivity contribution is -0.132. The number of aromatic nitrogens is 1. The van der Waals surface area contributed by atoms with Gasteiger partial charge in [-0.1, -0.05) is 42.1 Å². The van der Waals surface area contributed by atoms with Crippen molar-refractivity contribution >= 4 is 34.7 Å². The van der Waals surface area contributed by atoms with E-state index in [2.05, 4.69) is 4.98 Å². The molecule has 1 aromatic heterocycles. The topological polar surface area (TPSA) is 72.6 Å². The Morgan fingerprint density at radius 3 is 2.68 bits per heavy atom. The fraction of sp³-hybridized carbons (Fsp3) is 0.286. The van der Waals surface area contributed by atoms with Gasteiger partial charge < -0.3 is 14.1 Å². The van der Waals surface area contributed by atoms with Gasteiger partial charge in [0.1, 0.15) is 11.1 Å². The number of nitrogens with zero attached hydrogens (tertiary/aromatic N) is 2. The molecular formula is C21H18N2O4S. The molecule has 6 nitrogen and oxygen atoms in total. The second kappa shape index (κ2) is 6.67. The first-order chi connectivity index (χ1) is 13.6. The van der Waals surface area contributed by atoms with E-state index in [4.69, 9.17) is 9.15 Å². The SMILES string of the molecule is O=C1OC2(CCN(C(=O)CSc3nc4ccccc4o3)CC2)c2ccccc21. The molecule has 28 heavy (non-hydrogen) atoms. The minimum Gasteiger partial charge on any atom is -0.450 e. The fourth-order valence-electron chi connectivity index (χ4n) is 3.96. The molecule has 0 atom stereocenters. The van der Waals surface area contributed by atoms with E-state index in [1.165, 1.54) is 11.8 Å². The van der Waals surface area contributed by atoms with E-state index in [1.807, 2.05) is 47.4 Å². The average Bonchev–Trinajstić information content (AvgIpc) is 3.26. The summed E-state index contributed by atoms with van der Waals surface area (Å²) in [6.45, 7) is 1.13. The molecule has 1 fully saturated rings. The van der Waals surface area contributed by atoms with E-state index < -0.39 is 5.60 Å². The molecule has 2 aliphatic heterocycles. The quantitative estimate of drug-likeness (QED) is 0.499. The number of carbonyl (C=O) groups is 2. The lowest BCUT2D eigenvalue weighted by Crippen LogP contribution is -2.46. The van der Waals surface area contributed by atoms with Crippen molar-refractivity contribution in [3.8, 4) is 0 Å². The summed E-state index contributed by atoms with van der Waals surface area (Å²) in [6.07, 6.45) is 1.24. The van der Waals surface area contributed by atoms with Crippen LogP contribution in [0.4, 0.5) is 0 Å². The Labute approximate surface area is 165 Å². The van der Waals surface area contributed by atoms with E-state index in [0.717, 1.165) is 16.7 Å². The van der Waals surface area contributed by atoms with Crippen molar-refractivity contribution in [2.45, 2.75) is 23.7 Å². The van der Waals surface area contributed by atoms with Crippen molar-refractivity contribution in [2.24, 2.45) is 0 Å². The van der Waals surface area contributed by atoms with Crippen LogP contribution in [0.3, 0.4) is 0 Å². The number of benzene rings is 2. The average molecular weight is 394 g/mol. The number of oxazole rings is 1. The van der Waals surface area contributed by atoms with Gasteiger partial charge in [-0.15, -0.1) is 0 Å². The summed E-state index contributed by atoms with van der Waals surface area (Å²) >= 11 is 1.31. The Balaban J connectivity index is 1.22. The summed E-state index contributed by atoms with van der Waals surface area (Å²) in [7, 11) is 0. The summed E-state index contributed by atoms with van der Waals surface area (Å²) < 4.78 is 11.4. The van der Waals surface area contributed by atoms with Crippen molar-refractivity contribution in [1.29, 1.82) is 0 Å². The lowest BCUT2D eigenvalue weighted by Gasteiger charge is -2.38. The first-order valence-corrected chi connectivity index (χ1v) is 10.2. The van der Waals surface area contributed by atoms with Gasteiger partial charge in [-0.2, -0.15) is 0 Å². The van der Waals surface area contributed by atoms with Crippen LogP contribution in [-0.4, -0.2) is 40.6 Å². The highest BCUT2D eigenvalue weighted by Gasteiger charge is 2.47. The highest BCUT2D eigenvalue weighted by molar-refractivity contribution is 7.99. The van der Waals surface area contributed by atoms with Crippen LogP contribution < -0.4 is 0 Å². The normalized spacial score (nSPS) is 17.7. The molecule has 2 aromatic carbocycles. The monoisotopic (exact) mass is 394 g/mol. The van der Waals surface area contributed by atoms with Crippen LogP contribution >= 0.6 is 11.8 Å². The van der Waals surface area contributed by atoms with Gasteiger partial charge in [0, 0.05) is 31.5 Å². The molecule has 0 unspecified atom stereocenters. The maximum atomic E-state index is 12.6. The van der Waals surface area contributed by atoms with Crippen molar-refractivity contribution in [3.05, 3.63) is 59.7 Å². The van der Waals surface area contributed by atoms with Crippen LogP contribution in [-0.2, 0) is 15.1 Å². The third-order valence-electron chi connectivity index (χ3n) is 5.44. The van der Waals surface area contributed by atoms with Crippen LogP contribution in [0.5, 0.6) is 0 Å². The van der Waals surface area contributed by atoms with Gasteiger partial charge in [0.15, 0.2) is 5.58 Å². The number of likely N-dealkylation sites (tertiary alicyclic amines) is 1. The Morgan fingerprint density at radius 1 is 1.11 bits per heavy atom. The fourth-order valence-corrected chi connectivity index (χ4v) is 4.70. The van der Waals surface area contributed by atoms with E-state index in [0.29, 0.717) is 36.7 Å². The number of ether oxygens (including phenoxy) is 1. The second-order valence-electron chi connectivity index (χ2n) is 7.05. The number of rotatable bonds is 3. The highest BCUT2D eigenvalue weighted by atomic mass is 32.2. The predicted octanol–water partition coefficient (Wildman–Crippen LogP) is 3.61. The summed E-state index contributed by atoms with van der Waals surface area (Å²) in [5, 5.41) is 0.502. The minimum atomic E-state index is -0.585. The number of piperidine rings is 1. The second-order valence-corrected chi connectivity index (χ2v) is 7.97. The van der Waals surface area contributed by atoms with E-state index in [-0.39, 0.29) is 17.6 Å². The molecule has 7 heteroatoms. The number of carbonyl (C=O) groups excluding carboxylic acids is 2. The standard InChI is InChI=1S/C21H18N2O4S/c24-18(13-28-20-22-16-7-3-4-8-17(16)26-20)23-11-9-21(10-12-23)15-6-2-1-5-14(15)19(25)27-21/h1-8H,9-13H2. The minimum absolute atomic E-state index is 0.0414. The molecule has 0 N–H and O–H groups in total. The first-order valence-electron chi connectivity index (χ1n) is 9.24. The van der Waals surface area contributed by atoms with Gasteiger partial charge in [-0.05, 0) is 18.2 Å². The number of esters is 1. The molecule has 2 aliphatic rings. The van der Waals surface area contributed by atoms with Crippen molar-refractivity contribution in [1.82, 2.24) is 9.88 Å². The molecule has 1 saturated heterocycles. The molecule has 3 heterocycles. The maximum Gasteiger partial charge on any atom is 0.339 e. The third kappa shape index (κ3) is 2.86. The summed E-state index contributed by atoms with van der Waals surface area (Å²) in [6, 6.07) is 15.1. The van der Waals surface area contributed by atoms with Crippen LogP contribution in [0.25, 0.3) is 11.1 Å². The predicted molar refractivity (Wildman–Crippen MR) is 104 cm³/mol. The van der Waals surface area contributed by atoms with Gasteiger partial charge >= 0.3 is 5.97 Å². The summed E-state index contributed by atoms with van der Waals surface area (Å²) in [5.74, 6) is 0.0533. The van der Waals surface area contributed by atoms with Crippen molar-refractivity contribution in [3.63, 3.8) is 0 Å². The van der Waals surface area contributed by atoms with Crippen LogP contribution in [0.15, 0.2) is 58.2 Å². The first kappa shape index (κ1) is 17.3. The summed E-state index contributed by atoms with van der Waals surface area (Å²) in [5.41, 5.74) is 2.53. The molecular weight excluding hydrogens is 376 g/mol. The third-order valence-corrected chi connectivity index (χ3v) is 6.26. The van der Waals surface area contributed by atoms with Crippen LogP contribution in [0, 0.1) is 0 Å². The zero-order valence-corrected chi connectivity index (χ0v) is 15.9.